The fourth-order valence-corrected chi connectivity index (χ4v) is 4.67. The average Bonchev–Trinajstić information content (AvgIpc) is 3.25. The second-order valence-corrected chi connectivity index (χ2v) is 8.79. The summed E-state index contributed by atoms with van der Waals surface area (Å²) >= 11 is 0. The summed E-state index contributed by atoms with van der Waals surface area (Å²) in [7, 11) is 0. The molecule has 6 heteroatoms. The molecule has 1 aromatic carbocycles. The van der Waals surface area contributed by atoms with Gasteiger partial charge < -0.3 is 10.2 Å². The Balaban J connectivity index is 1.13. The van der Waals surface area contributed by atoms with E-state index in [9.17, 15) is 9.59 Å². The van der Waals surface area contributed by atoms with Gasteiger partial charge in [0, 0.05) is 57.6 Å². The maximum Gasteiger partial charge on any atom is 0.255 e. The minimum absolute atomic E-state index is 0.0607. The number of hydrogen-bond acceptors (Lipinski definition) is 4. The minimum Gasteiger partial charge on any atom is -0.352 e. The lowest BCUT2D eigenvalue weighted by Gasteiger charge is -2.32. The molecule has 2 fully saturated rings. The number of aromatic nitrogens is 1. The van der Waals surface area contributed by atoms with Gasteiger partial charge in [-0.25, -0.2) is 0 Å². The number of benzene rings is 1. The van der Waals surface area contributed by atoms with E-state index in [0.717, 1.165) is 58.4 Å². The monoisotopic (exact) mass is 420 g/mol. The number of nitrogens with one attached hydrogen (secondary N) is 1. The molecule has 6 nitrogen and oxygen atoms in total. The first-order valence-corrected chi connectivity index (χ1v) is 11.4. The Morgan fingerprint density at radius 2 is 1.81 bits per heavy atom. The van der Waals surface area contributed by atoms with Crippen molar-refractivity contribution in [1.82, 2.24) is 20.1 Å². The molecule has 3 heterocycles. The van der Waals surface area contributed by atoms with Crippen molar-refractivity contribution in [2.45, 2.75) is 44.7 Å². The molecular weight excluding hydrogens is 388 g/mol. The Kier molecular flexibility index (Phi) is 7.30. The Hall–Kier alpha value is -2.73. The SMILES string of the molecule is O=C(CCC1CCN(C(=O)c2cccnc2)CC1)NC1CCN(Cc2ccccc2)C1. The molecule has 2 amide bonds. The van der Waals surface area contributed by atoms with Crippen LogP contribution in [0.2, 0.25) is 0 Å². The molecule has 1 atom stereocenters. The molecule has 1 aromatic heterocycles. The number of carbonyl (C=O) groups is 2. The van der Waals surface area contributed by atoms with E-state index in [1.807, 2.05) is 17.0 Å². The Labute approximate surface area is 184 Å². The molecule has 2 saturated heterocycles. The van der Waals surface area contributed by atoms with E-state index in [4.69, 9.17) is 0 Å². The van der Waals surface area contributed by atoms with E-state index in [-0.39, 0.29) is 17.9 Å². The van der Waals surface area contributed by atoms with Crippen LogP contribution in [0.4, 0.5) is 0 Å². The Morgan fingerprint density at radius 1 is 1.00 bits per heavy atom. The number of pyridine rings is 1. The fourth-order valence-electron chi connectivity index (χ4n) is 4.67. The lowest BCUT2D eigenvalue weighted by atomic mass is 9.91. The van der Waals surface area contributed by atoms with Gasteiger partial charge in [-0.15, -0.1) is 0 Å². The largest absolute Gasteiger partial charge is 0.352 e. The summed E-state index contributed by atoms with van der Waals surface area (Å²) in [5.41, 5.74) is 1.97. The van der Waals surface area contributed by atoms with Crippen LogP contribution in [0.1, 0.15) is 48.0 Å². The summed E-state index contributed by atoms with van der Waals surface area (Å²) in [6.45, 7) is 4.43. The van der Waals surface area contributed by atoms with Crippen LogP contribution in [0.25, 0.3) is 0 Å². The van der Waals surface area contributed by atoms with Crippen molar-refractivity contribution in [2.24, 2.45) is 5.92 Å². The van der Waals surface area contributed by atoms with Gasteiger partial charge in [0.25, 0.3) is 5.91 Å². The molecule has 0 bridgehead atoms. The lowest BCUT2D eigenvalue weighted by molar-refractivity contribution is -0.122. The summed E-state index contributed by atoms with van der Waals surface area (Å²) in [4.78, 5) is 33.3. The first-order valence-electron chi connectivity index (χ1n) is 11.4. The molecule has 2 aromatic rings. The summed E-state index contributed by atoms with van der Waals surface area (Å²) < 4.78 is 0. The summed E-state index contributed by atoms with van der Waals surface area (Å²) in [6, 6.07) is 14.4. The zero-order valence-corrected chi connectivity index (χ0v) is 18.1. The van der Waals surface area contributed by atoms with Crippen molar-refractivity contribution in [3.05, 3.63) is 66.0 Å². The van der Waals surface area contributed by atoms with E-state index in [1.54, 1.807) is 18.5 Å². The van der Waals surface area contributed by atoms with Crippen molar-refractivity contribution >= 4 is 11.8 Å². The number of amides is 2. The van der Waals surface area contributed by atoms with Gasteiger partial charge in [-0.05, 0) is 49.3 Å². The van der Waals surface area contributed by atoms with Gasteiger partial charge in [-0.2, -0.15) is 0 Å². The van der Waals surface area contributed by atoms with Crippen LogP contribution >= 0.6 is 0 Å². The van der Waals surface area contributed by atoms with Crippen molar-refractivity contribution < 1.29 is 9.59 Å². The highest BCUT2D eigenvalue weighted by atomic mass is 16.2. The van der Waals surface area contributed by atoms with Crippen molar-refractivity contribution in [1.29, 1.82) is 0 Å². The molecule has 0 spiro atoms. The van der Waals surface area contributed by atoms with Gasteiger partial charge in [-0.3, -0.25) is 19.5 Å². The van der Waals surface area contributed by atoms with Gasteiger partial charge in [0.1, 0.15) is 0 Å². The second-order valence-electron chi connectivity index (χ2n) is 8.79. The smallest absolute Gasteiger partial charge is 0.255 e. The maximum absolute atomic E-state index is 12.5. The molecule has 1 N–H and O–H groups in total. The van der Waals surface area contributed by atoms with Gasteiger partial charge in [0.15, 0.2) is 0 Å². The van der Waals surface area contributed by atoms with Gasteiger partial charge >= 0.3 is 0 Å². The van der Waals surface area contributed by atoms with Gasteiger partial charge in [0.2, 0.25) is 5.91 Å². The molecule has 1 unspecified atom stereocenters. The van der Waals surface area contributed by atoms with E-state index >= 15 is 0 Å². The fraction of sp³-hybridized carbons (Fsp3) is 0.480. The predicted molar refractivity (Wildman–Crippen MR) is 120 cm³/mol. The molecule has 0 radical (unpaired) electrons. The van der Waals surface area contributed by atoms with Crippen LogP contribution < -0.4 is 5.32 Å². The van der Waals surface area contributed by atoms with Gasteiger partial charge in [-0.1, -0.05) is 30.3 Å². The quantitative estimate of drug-likeness (QED) is 0.748. The number of nitrogens with zero attached hydrogens (tertiary/aromatic N) is 3. The topological polar surface area (TPSA) is 65.5 Å². The molecule has 2 aliphatic heterocycles. The summed E-state index contributed by atoms with van der Waals surface area (Å²) in [5, 5.41) is 3.23. The highest BCUT2D eigenvalue weighted by Gasteiger charge is 2.26. The van der Waals surface area contributed by atoms with E-state index < -0.39 is 0 Å². The zero-order chi connectivity index (χ0) is 21.5. The first kappa shape index (κ1) is 21.5. The molecule has 31 heavy (non-hydrogen) atoms. The zero-order valence-electron chi connectivity index (χ0n) is 18.1. The third kappa shape index (κ3) is 6.14. The Morgan fingerprint density at radius 3 is 2.55 bits per heavy atom. The number of rotatable bonds is 7. The molecular formula is C25H32N4O2. The molecule has 4 rings (SSSR count). The third-order valence-corrected chi connectivity index (χ3v) is 6.48. The summed E-state index contributed by atoms with van der Waals surface area (Å²) in [5.74, 6) is 0.743. The van der Waals surface area contributed by atoms with Crippen molar-refractivity contribution in [3.8, 4) is 0 Å². The van der Waals surface area contributed by atoms with Crippen LogP contribution in [0.3, 0.4) is 0 Å². The number of carbonyl (C=O) groups excluding carboxylic acids is 2. The van der Waals surface area contributed by atoms with Crippen LogP contribution in [0, 0.1) is 5.92 Å². The van der Waals surface area contributed by atoms with E-state index in [0.29, 0.717) is 17.9 Å². The minimum atomic E-state index is 0.0607. The summed E-state index contributed by atoms with van der Waals surface area (Å²) in [6.07, 6.45) is 7.75. The van der Waals surface area contributed by atoms with Crippen LogP contribution in [-0.2, 0) is 11.3 Å². The molecule has 0 aliphatic carbocycles. The van der Waals surface area contributed by atoms with Crippen LogP contribution in [0.5, 0.6) is 0 Å². The van der Waals surface area contributed by atoms with Crippen LogP contribution in [0.15, 0.2) is 54.9 Å². The first-order chi connectivity index (χ1) is 15.2. The average molecular weight is 421 g/mol. The van der Waals surface area contributed by atoms with Crippen molar-refractivity contribution in [2.75, 3.05) is 26.2 Å². The third-order valence-electron chi connectivity index (χ3n) is 6.48. The molecule has 0 saturated carbocycles. The predicted octanol–water partition coefficient (Wildman–Crippen LogP) is 3.10. The number of hydrogen-bond donors (Lipinski definition) is 1. The van der Waals surface area contributed by atoms with Crippen molar-refractivity contribution in [3.63, 3.8) is 0 Å². The molecule has 164 valence electrons. The molecule has 2 aliphatic rings. The normalized spacial score (nSPS) is 20.0. The number of likely N-dealkylation sites (tertiary alicyclic amines) is 2. The van der Waals surface area contributed by atoms with E-state index in [1.165, 1.54) is 5.56 Å². The highest BCUT2D eigenvalue weighted by molar-refractivity contribution is 5.93. The number of piperidine rings is 1. The standard InChI is InChI=1S/C25H32N4O2/c30-24(27-23-12-14-28(19-23)18-21-5-2-1-3-6-21)9-8-20-10-15-29(16-11-20)25(31)22-7-4-13-26-17-22/h1-7,13,17,20,23H,8-12,14-16,18-19H2,(H,27,30). The maximum atomic E-state index is 12.5. The van der Waals surface area contributed by atoms with Gasteiger partial charge in [0.05, 0.1) is 5.56 Å². The van der Waals surface area contributed by atoms with E-state index in [2.05, 4.69) is 39.5 Å². The highest BCUT2D eigenvalue weighted by Crippen LogP contribution is 2.23. The Bertz CT molecular complexity index is 850. The lowest BCUT2D eigenvalue weighted by Crippen LogP contribution is -2.39. The second kappa shape index (κ2) is 10.5. The van der Waals surface area contributed by atoms with Crippen LogP contribution in [-0.4, -0.2) is 58.8 Å².